The number of nitrogens with one attached hydrogen (secondary N) is 2. The largest absolute Gasteiger partial charge is 0.476 e. The topological polar surface area (TPSA) is 139 Å². The van der Waals surface area contributed by atoms with E-state index in [0.29, 0.717) is 30.4 Å². The molecule has 0 spiro atoms. The minimum absolute atomic E-state index is 0.000549. The zero-order chi connectivity index (χ0) is 24.8. The Hall–Kier alpha value is -4.34. The van der Waals surface area contributed by atoms with Crippen LogP contribution >= 0.6 is 0 Å². The number of imidazole rings is 1. The number of hydrogen-bond acceptors (Lipinski definition) is 6. The van der Waals surface area contributed by atoms with E-state index in [-0.39, 0.29) is 18.0 Å². The molecule has 4 rings (SSSR count). The number of aromatic amines is 1. The van der Waals surface area contributed by atoms with Crippen LogP contribution in [0.5, 0.6) is 0 Å². The van der Waals surface area contributed by atoms with Crippen LogP contribution in [0.1, 0.15) is 47.3 Å². The van der Waals surface area contributed by atoms with Crippen molar-refractivity contribution in [1.82, 2.24) is 35.5 Å². The van der Waals surface area contributed by atoms with Crippen molar-refractivity contribution in [3.63, 3.8) is 0 Å². The highest BCUT2D eigenvalue weighted by Gasteiger charge is 2.20. The number of benzene rings is 2. The van der Waals surface area contributed by atoms with E-state index in [1.54, 1.807) is 6.92 Å². The summed E-state index contributed by atoms with van der Waals surface area (Å²) < 4.78 is 1.84. The second-order valence-corrected chi connectivity index (χ2v) is 8.20. The van der Waals surface area contributed by atoms with Gasteiger partial charge in [0.15, 0.2) is 5.69 Å². The Labute approximate surface area is 202 Å². The number of aromatic carboxylic acids is 1. The average molecular weight is 474 g/mol. The van der Waals surface area contributed by atoms with Crippen LogP contribution < -0.4 is 5.32 Å². The third kappa shape index (κ3) is 5.43. The summed E-state index contributed by atoms with van der Waals surface area (Å²) in [5.41, 5.74) is 4.36. The van der Waals surface area contributed by atoms with Crippen LogP contribution in [0.3, 0.4) is 0 Å². The first kappa shape index (κ1) is 23.8. The Morgan fingerprint density at radius 2 is 1.83 bits per heavy atom. The monoisotopic (exact) mass is 473 g/mol. The number of rotatable bonds is 10. The Balaban J connectivity index is 1.42. The van der Waals surface area contributed by atoms with Gasteiger partial charge in [-0.05, 0) is 35.2 Å². The number of carbonyl (C=O) groups is 2. The number of amides is 1. The first-order chi connectivity index (χ1) is 17.0. The Bertz CT molecular complexity index is 1310. The summed E-state index contributed by atoms with van der Waals surface area (Å²) in [5.74, 6) is -0.300. The Morgan fingerprint density at radius 3 is 2.49 bits per heavy atom. The maximum absolute atomic E-state index is 12.6. The van der Waals surface area contributed by atoms with Crippen molar-refractivity contribution >= 4 is 11.9 Å². The molecular formula is C25H27N7O3. The van der Waals surface area contributed by atoms with Crippen LogP contribution in [0, 0.1) is 6.92 Å². The molecule has 10 nitrogen and oxygen atoms in total. The van der Waals surface area contributed by atoms with Crippen LogP contribution in [0.25, 0.3) is 22.5 Å². The molecule has 0 saturated carbocycles. The van der Waals surface area contributed by atoms with Gasteiger partial charge in [0.25, 0.3) is 0 Å². The minimum Gasteiger partial charge on any atom is -0.476 e. The van der Waals surface area contributed by atoms with Crippen molar-refractivity contribution < 1.29 is 14.7 Å². The summed E-state index contributed by atoms with van der Waals surface area (Å²) in [5, 5.41) is 26.6. The summed E-state index contributed by atoms with van der Waals surface area (Å²) in [6.45, 7) is 4.78. The molecule has 180 valence electrons. The zero-order valence-corrected chi connectivity index (χ0v) is 19.7. The summed E-state index contributed by atoms with van der Waals surface area (Å²) in [7, 11) is 0. The number of nitrogens with zero attached hydrogens (tertiary/aromatic N) is 5. The molecular weight excluding hydrogens is 446 g/mol. The highest BCUT2D eigenvalue weighted by atomic mass is 16.4. The molecule has 0 radical (unpaired) electrons. The van der Waals surface area contributed by atoms with Gasteiger partial charge < -0.3 is 15.0 Å². The Kier molecular flexibility index (Phi) is 7.30. The van der Waals surface area contributed by atoms with Gasteiger partial charge in [0.1, 0.15) is 5.82 Å². The number of carboxylic acids is 1. The molecule has 0 aliphatic heterocycles. The number of unbranched alkanes of at least 4 members (excludes halogenated alkanes) is 1. The van der Waals surface area contributed by atoms with Crippen LogP contribution in [-0.2, 0) is 24.3 Å². The van der Waals surface area contributed by atoms with Gasteiger partial charge in [-0.1, -0.05) is 61.9 Å². The first-order valence-corrected chi connectivity index (χ1v) is 11.5. The van der Waals surface area contributed by atoms with Gasteiger partial charge in [-0.3, -0.25) is 4.79 Å². The fourth-order valence-electron chi connectivity index (χ4n) is 3.96. The summed E-state index contributed by atoms with van der Waals surface area (Å²) in [6, 6.07) is 15.7. The molecule has 4 aromatic rings. The van der Waals surface area contributed by atoms with Crippen molar-refractivity contribution in [2.75, 3.05) is 0 Å². The number of tetrazole rings is 1. The molecule has 0 bridgehead atoms. The fraction of sp³-hybridized carbons (Fsp3) is 0.280. The van der Waals surface area contributed by atoms with E-state index in [2.05, 4.69) is 37.8 Å². The van der Waals surface area contributed by atoms with Gasteiger partial charge in [-0.2, -0.15) is 5.21 Å². The lowest BCUT2D eigenvalue weighted by atomic mass is 9.98. The Morgan fingerprint density at radius 1 is 1.09 bits per heavy atom. The second kappa shape index (κ2) is 10.7. The molecule has 1 amide bonds. The van der Waals surface area contributed by atoms with E-state index in [4.69, 9.17) is 0 Å². The third-order valence-electron chi connectivity index (χ3n) is 5.82. The smallest absolute Gasteiger partial charge is 0.356 e. The molecule has 10 heteroatoms. The van der Waals surface area contributed by atoms with Crippen molar-refractivity contribution in [3.8, 4) is 22.5 Å². The van der Waals surface area contributed by atoms with E-state index >= 15 is 0 Å². The molecule has 0 aliphatic carbocycles. The molecule has 2 heterocycles. The minimum atomic E-state index is -1.08. The van der Waals surface area contributed by atoms with Crippen LogP contribution in [0.2, 0.25) is 0 Å². The van der Waals surface area contributed by atoms with E-state index < -0.39 is 5.97 Å². The molecule has 35 heavy (non-hydrogen) atoms. The molecule has 2 aromatic carbocycles. The van der Waals surface area contributed by atoms with Crippen molar-refractivity contribution in [1.29, 1.82) is 0 Å². The summed E-state index contributed by atoms with van der Waals surface area (Å²) in [4.78, 5) is 28.3. The lowest BCUT2D eigenvalue weighted by Crippen LogP contribution is -2.26. The van der Waals surface area contributed by atoms with Crippen molar-refractivity contribution in [2.24, 2.45) is 0 Å². The van der Waals surface area contributed by atoms with Crippen LogP contribution in [-0.4, -0.2) is 47.2 Å². The van der Waals surface area contributed by atoms with E-state index in [1.165, 1.54) is 0 Å². The number of H-pyrrole nitrogens is 1. The molecule has 0 atom stereocenters. The number of aromatic nitrogens is 6. The van der Waals surface area contributed by atoms with Crippen molar-refractivity contribution in [2.45, 2.75) is 46.2 Å². The van der Waals surface area contributed by atoms with E-state index in [1.807, 2.05) is 53.1 Å². The predicted molar refractivity (Wildman–Crippen MR) is 129 cm³/mol. The highest BCUT2D eigenvalue weighted by Crippen LogP contribution is 2.29. The normalized spacial score (nSPS) is 10.9. The van der Waals surface area contributed by atoms with Crippen LogP contribution in [0.15, 0.2) is 48.5 Å². The van der Waals surface area contributed by atoms with Gasteiger partial charge in [0, 0.05) is 24.3 Å². The first-order valence-electron chi connectivity index (χ1n) is 11.5. The predicted octanol–water partition coefficient (Wildman–Crippen LogP) is 3.40. The van der Waals surface area contributed by atoms with Gasteiger partial charge in [0.2, 0.25) is 11.7 Å². The fourth-order valence-corrected chi connectivity index (χ4v) is 3.96. The second-order valence-electron chi connectivity index (χ2n) is 8.20. The van der Waals surface area contributed by atoms with Gasteiger partial charge in [-0.15, -0.1) is 10.2 Å². The van der Waals surface area contributed by atoms with E-state index in [0.717, 1.165) is 35.1 Å². The SMILES string of the molecule is CCCCn1c(CC(=O)NCc2ccc(-c3ccccc3-c3nn[nH]n3)cc2)nc(C(=O)O)c1C. The average Bonchev–Trinajstić information content (AvgIpc) is 3.50. The molecule has 0 saturated heterocycles. The molecule has 0 fully saturated rings. The number of carbonyl (C=O) groups excluding carboxylic acids is 1. The molecule has 0 aliphatic rings. The van der Waals surface area contributed by atoms with Gasteiger partial charge in [0.05, 0.1) is 6.42 Å². The summed E-state index contributed by atoms with van der Waals surface area (Å²) in [6.07, 6.45) is 1.86. The maximum Gasteiger partial charge on any atom is 0.356 e. The zero-order valence-electron chi connectivity index (χ0n) is 19.7. The van der Waals surface area contributed by atoms with E-state index in [9.17, 15) is 14.7 Å². The number of carboxylic acid groups (broad SMARTS) is 1. The number of hydrogen-bond donors (Lipinski definition) is 3. The molecule has 3 N–H and O–H groups in total. The van der Waals surface area contributed by atoms with Crippen LogP contribution in [0.4, 0.5) is 0 Å². The summed E-state index contributed by atoms with van der Waals surface area (Å²) >= 11 is 0. The standard InChI is InChI=1S/C25H27N7O3/c1-3-4-13-32-16(2)23(25(34)35)27-21(32)14-22(33)26-15-17-9-11-18(12-10-17)19-7-5-6-8-20(19)24-28-30-31-29-24/h5-12H,3-4,13-15H2,1-2H3,(H,26,33)(H,34,35)(H,28,29,30,31). The quantitative estimate of drug-likeness (QED) is 0.321. The third-order valence-corrected chi connectivity index (χ3v) is 5.82. The maximum atomic E-state index is 12.6. The molecule has 2 aromatic heterocycles. The van der Waals surface area contributed by atoms with Crippen molar-refractivity contribution in [3.05, 3.63) is 71.3 Å². The molecule has 0 unspecified atom stereocenters. The van der Waals surface area contributed by atoms with Gasteiger partial charge in [-0.25, -0.2) is 9.78 Å². The lowest BCUT2D eigenvalue weighted by Gasteiger charge is -2.11. The highest BCUT2D eigenvalue weighted by molar-refractivity contribution is 5.87. The lowest BCUT2D eigenvalue weighted by molar-refractivity contribution is -0.120. The van der Waals surface area contributed by atoms with Gasteiger partial charge >= 0.3 is 5.97 Å².